The Morgan fingerprint density at radius 3 is 2.65 bits per heavy atom. The number of halogens is 2. The normalized spacial score (nSPS) is 16.7. The molecule has 0 unspecified atom stereocenters. The molecule has 26 heavy (non-hydrogen) atoms. The minimum Gasteiger partial charge on any atom is -0.493 e. The van der Waals surface area contributed by atoms with Gasteiger partial charge in [-0.1, -0.05) is 24.4 Å². The zero-order valence-corrected chi connectivity index (χ0v) is 14.7. The van der Waals surface area contributed by atoms with Crippen LogP contribution in [0, 0.1) is 5.41 Å². The van der Waals surface area contributed by atoms with Crippen LogP contribution in [0.4, 0.5) is 8.78 Å². The fraction of sp³-hybridized carbons (Fsp3) is 0.556. The lowest BCUT2D eigenvalue weighted by Crippen LogP contribution is -2.35. The van der Waals surface area contributed by atoms with E-state index in [2.05, 4.69) is 14.9 Å². The lowest BCUT2D eigenvalue weighted by atomic mass is 9.72. The average molecular weight is 367 g/mol. The Hall–Kier alpha value is -2.22. The van der Waals surface area contributed by atoms with E-state index in [1.54, 1.807) is 12.1 Å². The van der Waals surface area contributed by atoms with Gasteiger partial charge in [0.05, 0.1) is 7.11 Å². The molecule has 0 amide bonds. The molecule has 0 radical (unpaired) electrons. The van der Waals surface area contributed by atoms with Crippen molar-refractivity contribution >= 4 is 0 Å². The van der Waals surface area contributed by atoms with Crippen LogP contribution < -0.4 is 15.2 Å². The molecule has 1 aliphatic rings. The molecule has 0 spiro atoms. The smallest absolute Gasteiger partial charge is 0.387 e. The van der Waals surface area contributed by atoms with Crippen molar-refractivity contribution in [2.75, 3.05) is 13.7 Å². The zero-order chi connectivity index (χ0) is 18.6. The molecule has 1 heterocycles. The monoisotopic (exact) mass is 367 g/mol. The van der Waals surface area contributed by atoms with Gasteiger partial charge in [-0.2, -0.15) is 13.8 Å². The Balaban J connectivity index is 1.79. The molecule has 1 fully saturated rings. The molecular formula is C18H23F2N3O3. The van der Waals surface area contributed by atoms with Gasteiger partial charge in [-0.15, -0.1) is 0 Å². The van der Waals surface area contributed by atoms with Crippen LogP contribution in [0.1, 0.15) is 38.0 Å². The first-order valence-corrected chi connectivity index (χ1v) is 8.71. The average Bonchev–Trinajstić information content (AvgIpc) is 3.10. The number of benzene rings is 1. The first-order chi connectivity index (χ1) is 12.5. The molecule has 2 aromatic rings. The molecule has 1 saturated carbocycles. The highest BCUT2D eigenvalue weighted by Gasteiger charge is 2.33. The molecule has 1 aliphatic carbocycles. The molecule has 3 rings (SSSR count). The van der Waals surface area contributed by atoms with Crippen molar-refractivity contribution in [3.63, 3.8) is 0 Å². The first-order valence-electron chi connectivity index (χ1n) is 8.71. The van der Waals surface area contributed by atoms with Crippen molar-refractivity contribution in [2.45, 2.75) is 45.1 Å². The largest absolute Gasteiger partial charge is 0.493 e. The number of hydrogen-bond donors (Lipinski definition) is 1. The van der Waals surface area contributed by atoms with E-state index in [0.717, 1.165) is 12.8 Å². The number of nitrogens with two attached hydrogens (primary N) is 1. The van der Waals surface area contributed by atoms with Crippen LogP contribution >= 0.6 is 0 Å². The Morgan fingerprint density at radius 1 is 1.23 bits per heavy atom. The van der Waals surface area contributed by atoms with Crippen molar-refractivity contribution < 1.29 is 22.8 Å². The van der Waals surface area contributed by atoms with Gasteiger partial charge in [0, 0.05) is 12.0 Å². The van der Waals surface area contributed by atoms with E-state index in [1.807, 2.05) is 0 Å². The summed E-state index contributed by atoms with van der Waals surface area (Å²) in [7, 11) is 1.38. The van der Waals surface area contributed by atoms with E-state index in [4.69, 9.17) is 15.0 Å². The van der Waals surface area contributed by atoms with Crippen molar-refractivity contribution in [2.24, 2.45) is 11.1 Å². The fourth-order valence-corrected chi connectivity index (χ4v) is 3.52. The number of alkyl halides is 2. The first kappa shape index (κ1) is 18.6. The van der Waals surface area contributed by atoms with E-state index < -0.39 is 6.61 Å². The van der Waals surface area contributed by atoms with Crippen molar-refractivity contribution in [1.82, 2.24) is 10.1 Å². The van der Waals surface area contributed by atoms with Crippen molar-refractivity contribution in [1.29, 1.82) is 0 Å². The summed E-state index contributed by atoms with van der Waals surface area (Å²) in [5.41, 5.74) is 6.64. The van der Waals surface area contributed by atoms with Gasteiger partial charge in [0.15, 0.2) is 11.5 Å². The molecule has 0 atom stereocenters. The second-order valence-corrected chi connectivity index (χ2v) is 6.70. The van der Waals surface area contributed by atoms with Gasteiger partial charge in [-0.3, -0.25) is 0 Å². The lowest BCUT2D eigenvalue weighted by molar-refractivity contribution is -0.0512. The van der Waals surface area contributed by atoms with Gasteiger partial charge in [0.25, 0.3) is 0 Å². The topological polar surface area (TPSA) is 83.4 Å². The maximum Gasteiger partial charge on any atom is 0.387 e. The summed E-state index contributed by atoms with van der Waals surface area (Å²) in [6, 6.07) is 4.54. The molecule has 2 N–H and O–H groups in total. The van der Waals surface area contributed by atoms with Crippen molar-refractivity contribution in [3.8, 4) is 22.9 Å². The number of methoxy groups -OCH3 is 1. The third-order valence-electron chi connectivity index (χ3n) is 4.98. The predicted octanol–water partition coefficient (Wildman–Crippen LogP) is 3.80. The van der Waals surface area contributed by atoms with E-state index in [0.29, 0.717) is 30.2 Å². The highest BCUT2D eigenvalue weighted by Crippen LogP contribution is 2.38. The molecule has 0 saturated heterocycles. The Kier molecular flexibility index (Phi) is 5.70. The Labute approximate surface area is 150 Å². The van der Waals surface area contributed by atoms with Gasteiger partial charge in [0.1, 0.15) is 0 Å². The van der Waals surface area contributed by atoms with Crippen LogP contribution in [0.2, 0.25) is 0 Å². The SMILES string of the molecule is COc1cc(-c2noc(CC3(CN)CCCCC3)n2)ccc1OC(F)F. The number of nitrogens with zero attached hydrogens (tertiary/aromatic N) is 2. The second-order valence-electron chi connectivity index (χ2n) is 6.70. The third kappa shape index (κ3) is 4.12. The van der Waals surface area contributed by atoms with Crippen LogP contribution in [-0.2, 0) is 6.42 Å². The molecule has 0 bridgehead atoms. The molecular weight excluding hydrogens is 344 g/mol. The third-order valence-corrected chi connectivity index (χ3v) is 4.98. The minimum absolute atomic E-state index is 0.0225. The summed E-state index contributed by atoms with van der Waals surface area (Å²) in [6.45, 7) is -2.33. The molecule has 1 aromatic heterocycles. The van der Waals surface area contributed by atoms with Crippen LogP contribution in [-0.4, -0.2) is 30.4 Å². The van der Waals surface area contributed by atoms with Gasteiger partial charge in [-0.05, 0) is 43.0 Å². The Bertz CT molecular complexity index is 730. The van der Waals surface area contributed by atoms with Gasteiger partial charge in [-0.25, -0.2) is 0 Å². The maximum absolute atomic E-state index is 12.4. The lowest BCUT2D eigenvalue weighted by Gasteiger charge is -2.34. The summed E-state index contributed by atoms with van der Waals surface area (Å²) >= 11 is 0. The highest BCUT2D eigenvalue weighted by atomic mass is 19.3. The second kappa shape index (κ2) is 7.99. The molecule has 1 aromatic carbocycles. The van der Waals surface area contributed by atoms with Crippen LogP contribution in [0.25, 0.3) is 11.4 Å². The molecule has 0 aliphatic heterocycles. The molecule has 8 heteroatoms. The number of rotatable bonds is 7. The maximum atomic E-state index is 12.4. The van der Waals surface area contributed by atoms with E-state index in [9.17, 15) is 8.78 Å². The summed E-state index contributed by atoms with van der Waals surface area (Å²) < 4.78 is 39.8. The van der Waals surface area contributed by atoms with Crippen LogP contribution in [0.3, 0.4) is 0 Å². The Morgan fingerprint density at radius 2 is 2.00 bits per heavy atom. The summed E-state index contributed by atoms with van der Waals surface area (Å²) in [6.07, 6.45) is 6.36. The summed E-state index contributed by atoms with van der Waals surface area (Å²) in [5, 5.41) is 4.01. The highest BCUT2D eigenvalue weighted by molar-refractivity contribution is 5.60. The zero-order valence-electron chi connectivity index (χ0n) is 14.7. The predicted molar refractivity (Wildman–Crippen MR) is 91.2 cm³/mol. The summed E-state index contributed by atoms with van der Waals surface area (Å²) in [4.78, 5) is 4.46. The standard InChI is InChI=1S/C18H23F2N3O3/c1-24-14-9-12(5-6-13(14)25-17(19)20)16-22-15(26-23-16)10-18(11-21)7-3-2-4-8-18/h5-6,9,17H,2-4,7-8,10-11,21H2,1H3. The van der Waals surface area contributed by atoms with Crippen LogP contribution in [0.5, 0.6) is 11.5 Å². The number of ether oxygens (including phenoxy) is 2. The van der Waals surface area contributed by atoms with Gasteiger partial charge < -0.3 is 19.7 Å². The van der Waals surface area contributed by atoms with E-state index >= 15 is 0 Å². The van der Waals surface area contributed by atoms with Gasteiger partial charge >= 0.3 is 6.61 Å². The van der Waals surface area contributed by atoms with Crippen LogP contribution in [0.15, 0.2) is 22.7 Å². The van der Waals surface area contributed by atoms with E-state index in [1.165, 1.54) is 32.4 Å². The van der Waals surface area contributed by atoms with Gasteiger partial charge in [0.2, 0.25) is 11.7 Å². The molecule has 6 nitrogen and oxygen atoms in total. The fourth-order valence-electron chi connectivity index (χ4n) is 3.52. The number of aromatic nitrogens is 2. The quantitative estimate of drug-likeness (QED) is 0.801. The molecule has 142 valence electrons. The van der Waals surface area contributed by atoms with Crippen molar-refractivity contribution in [3.05, 3.63) is 24.1 Å². The minimum atomic E-state index is -2.92. The summed E-state index contributed by atoms with van der Waals surface area (Å²) in [5.74, 6) is 1.06. The number of hydrogen-bond acceptors (Lipinski definition) is 6. The van der Waals surface area contributed by atoms with E-state index in [-0.39, 0.29) is 16.9 Å².